The zero-order chi connectivity index (χ0) is 14.8. The third-order valence-electron chi connectivity index (χ3n) is 3.54. The number of piperazine rings is 1. The molecule has 0 aliphatic carbocycles. The van der Waals surface area contributed by atoms with E-state index in [0.717, 1.165) is 23.3 Å². The standard InChI is InChI=1S/C15H20N4OS/c1-10-7-19(8-11(2)16-10)9-14(20)18-15-17-12-5-3-4-6-13(12)21-15/h3-6,10-11,16H,7-9H2,1-2H3,(H,17,18,20). The molecule has 1 aliphatic heterocycles. The van der Waals surface area contributed by atoms with Gasteiger partial charge in [-0.05, 0) is 26.0 Å². The molecular formula is C15H20N4OS. The van der Waals surface area contributed by atoms with Gasteiger partial charge in [-0.2, -0.15) is 0 Å². The minimum absolute atomic E-state index is 0.00959. The van der Waals surface area contributed by atoms with Crippen LogP contribution < -0.4 is 10.6 Å². The fourth-order valence-corrected chi connectivity index (χ4v) is 3.74. The van der Waals surface area contributed by atoms with Crippen molar-refractivity contribution in [2.45, 2.75) is 25.9 Å². The van der Waals surface area contributed by atoms with Gasteiger partial charge in [-0.1, -0.05) is 23.5 Å². The molecular weight excluding hydrogens is 284 g/mol. The smallest absolute Gasteiger partial charge is 0.240 e. The summed E-state index contributed by atoms with van der Waals surface area (Å²) >= 11 is 1.51. The Morgan fingerprint density at radius 1 is 1.38 bits per heavy atom. The Morgan fingerprint density at radius 3 is 2.81 bits per heavy atom. The first kappa shape index (κ1) is 14.4. The summed E-state index contributed by atoms with van der Waals surface area (Å²) in [7, 11) is 0. The summed E-state index contributed by atoms with van der Waals surface area (Å²) in [5, 5.41) is 7.06. The number of aromatic nitrogens is 1. The van der Waals surface area contributed by atoms with E-state index in [-0.39, 0.29) is 5.91 Å². The van der Waals surface area contributed by atoms with Crippen LogP contribution >= 0.6 is 11.3 Å². The van der Waals surface area contributed by atoms with Crippen molar-refractivity contribution in [2.24, 2.45) is 0 Å². The molecule has 1 saturated heterocycles. The zero-order valence-electron chi connectivity index (χ0n) is 12.3. The largest absolute Gasteiger partial charge is 0.309 e. The molecule has 0 spiro atoms. The lowest BCUT2D eigenvalue weighted by atomic mass is 10.1. The van der Waals surface area contributed by atoms with E-state index in [0.29, 0.717) is 23.8 Å². The number of thiazole rings is 1. The van der Waals surface area contributed by atoms with Crippen molar-refractivity contribution in [3.05, 3.63) is 24.3 Å². The highest BCUT2D eigenvalue weighted by Gasteiger charge is 2.22. The lowest BCUT2D eigenvalue weighted by Crippen LogP contribution is -2.55. The van der Waals surface area contributed by atoms with Crippen LogP contribution in [0.4, 0.5) is 5.13 Å². The number of amides is 1. The number of para-hydroxylation sites is 1. The average Bonchev–Trinajstić information content (AvgIpc) is 2.78. The van der Waals surface area contributed by atoms with Crippen molar-refractivity contribution in [3.63, 3.8) is 0 Å². The number of hydrogen-bond donors (Lipinski definition) is 2. The average molecular weight is 304 g/mol. The van der Waals surface area contributed by atoms with Gasteiger partial charge < -0.3 is 10.6 Å². The molecule has 2 unspecified atom stereocenters. The molecule has 2 atom stereocenters. The minimum atomic E-state index is 0.00959. The predicted octanol–water partition coefficient (Wildman–Crippen LogP) is 1.92. The summed E-state index contributed by atoms with van der Waals surface area (Å²) in [6, 6.07) is 8.75. The van der Waals surface area contributed by atoms with Gasteiger partial charge in [0.1, 0.15) is 0 Å². The highest BCUT2D eigenvalue weighted by Crippen LogP contribution is 2.25. The van der Waals surface area contributed by atoms with E-state index in [1.54, 1.807) is 0 Å². The van der Waals surface area contributed by atoms with Gasteiger partial charge in [-0.25, -0.2) is 4.98 Å². The topological polar surface area (TPSA) is 57.3 Å². The van der Waals surface area contributed by atoms with Crippen LogP contribution in [0.25, 0.3) is 10.2 Å². The Bertz CT molecular complexity index is 598. The Balaban J connectivity index is 1.61. The van der Waals surface area contributed by atoms with Crippen LogP contribution in [-0.4, -0.2) is 47.5 Å². The van der Waals surface area contributed by atoms with Crippen molar-refractivity contribution < 1.29 is 4.79 Å². The monoisotopic (exact) mass is 304 g/mol. The first-order valence-corrected chi connectivity index (χ1v) is 8.05. The van der Waals surface area contributed by atoms with Gasteiger partial charge in [-0.3, -0.25) is 9.69 Å². The van der Waals surface area contributed by atoms with Gasteiger partial charge in [0.05, 0.1) is 16.8 Å². The molecule has 0 bridgehead atoms. The molecule has 3 rings (SSSR count). The molecule has 1 fully saturated rings. The van der Waals surface area contributed by atoms with Gasteiger partial charge in [0.25, 0.3) is 0 Å². The summed E-state index contributed by atoms with van der Waals surface area (Å²) in [6.45, 7) is 6.52. The summed E-state index contributed by atoms with van der Waals surface area (Å²) in [5.41, 5.74) is 0.933. The second-order valence-electron chi connectivity index (χ2n) is 5.70. The summed E-state index contributed by atoms with van der Waals surface area (Å²) in [5.74, 6) is 0.00959. The number of benzene rings is 1. The quantitative estimate of drug-likeness (QED) is 0.909. The number of anilines is 1. The molecule has 6 heteroatoms. The molecule has 1 aromatic carbocycles. The molecule has 1 amide bonds. The SMILES string of the molecule is CC1CN(CC(=O)Nc2nc3ccccc3s2)CC(C)N1. The number of hydrogen-bond acceptors (Lipinski definition) is 5. The van der Waals surface area contributed by atoms with E-state index >= 15 is 0 Å². The van der Waals surface area contributed by atoms with Crippen LogP contribution in [0, 0.1) is 0 Å². The van der Waals surface area contributed by atoms with E-state index in [2.05, 4.69) is 34.4 Å². The van der Waals surface area contributed by atoms with Gasteiger partial charge in [0.2, 0.25) is 5.91 Å². The molecule has 2 heterocycles. The maximum absolute atomic E-state index is 12.2. The number of rotatable bonds is 3. The molecule has 2 N–H and O–H groups in total. The van der Waals surface area contributed by atoms with E-state index in [1.165, 1.54) is 11.3 Å². The highest BCUT2D eigenvalue weighted by molar-refractivity contribution is 7.22. The Labute approximate surface area is 128 Å². The van der Waals surface area contributed by atoms with Gasteiger partial charge in [0, 0.05) is 25.2 Å². The fourth-order valence-electron chi connectivity index (χ4n) is 2.86. The molecule has 112 valence electrons. The third kappa shape index (κ3) is 3.58. The van der Waals surface area contributed by atoms with E-state index in [1.807, 2.05) is 24.3 Å². The van der Waals surface area contributed by atoms with Gasteiger partial charge >= 0.3 is 0 Å². The Hall–Kier alpha value is -1.50. The molecule has 21 heavy (non-hydrogen) atoms. The number of nitrogens with one attached hydrogen (secondary N) is 2. The first-order valence-electron chi connectivity index (χ1n) is 7.24. The van der Waals surface area contributed by atoms with E-state index < -0.39 is 0 Å². The van der Waals surface area contributed by atoms with E-state index in [4.69, 9.17) is 0 Å². The van der Waals surface area contributed by atoms with Crippen molar-refractivity contribution in [1.29, 1.82) is 0 Å². The molecule has 2 aromatic rings. The molecule has 1 aromatic heterocycles. The van der Waals surface area contributed by atoms with Crippen LogP contribution in [0.1, 0.15) is 13.8 Å². The highest BCUT2D eigenvalue weighted by atomic mass is 32.1. The predicted molar refractivity (Wildman–Crippen MR) is 86.7 cm³/mol. The molecule has 5 nitrogen and oxygen atoms in total. The molecule has 0 saturated carbocycles. The second-order valence-corrected chi connectivity index (χ2v) is 6.73. The minimum Gasteiger partial charge on any atom is -0.309 e. The summed E-state index contributed by atoms with van der Waals surface area (Å²) in [4.78, 5) is 18.8. The zero-order valence-corrected chi connectivity index (χ0v) is 13.1. The number of nitrogens with zero attached hydrogens (tertiary/aromatic N) is 2. The summed E-state index contributed by atoms with van der Waals surface area (Å²) in [6.07, 6.45) is 0. The van der Waals surface area contributed by atoms with Crippen molar-refractivity contribution in [1.82, 2.24) is 15.2 Å². The lowest BCUT2D eigenvalue weighted by molar-refractivity contribution is -0.117. The first-order chi connectivity index (χ1) is 10.1. The normalized spacial score (nSPS) is 23.3. The number of fused-ring (bicyclic) bond motifs is 1. The maximum Gasteiger partial charge on any atom is 0.240 e. The van der Waals surface area contributed by atoms with Crippen LogP contribution in [0.15, 0.2) is 24.3 Å². The van der Waals surface area contributed by atoms with E-state index in [9.17, 15) is 4.79 Å². The van der Waals surface area contributed by atoms with Crippen molar-refractivity contribution >= 4 is 32.6 Å². The van der Waals surface area contributed by atoms with Gasteiger partial charge in [-0.15, -0.1) is 0 Å². The van der Waals surface area contributed by atoms with Crippen LogP contribution in [0.3, 0.4) is 0 Å². The summed E-state index contributed by atoms with van der Waals surface area (Å²) < 4.78 is 1.09. The second kappa shape index (κ2) is 6.09. The third-order valence-corrected chi connectivity index (χ3v) is 4.49. The van der Waals surface area contributed by atoms with Crippen LogP contribution in [0.2, 0.25) is 0 Å². The maximum atomic E-state index is 12.2. The molecule has 0 radical (unpaired) electrons. The van der Waals surface area contributed by atoms with Crippen LogP contribution in [-0.2, 0) is 4.79 Å². The van der Waals surface area contributed by atoms with Crippen molar-refractivity contribution in [2.75, 3.05) is 25.0 Å². The van der Waals surface area contributed by atoms with Gasteiger partial charge in [0.15, 0.2) is 5.13 Å². The molecule has 1 aliphatic rings. The van der Waals surface area contributed by atoms with Crippen LogP contribution in [0.5, 0.6) is 0 Å². The Kier molecular flexibility index (Phi) is 4.19. The lowest BCUT2D eigenvalue weighted by Gasteiger charge is -2.35. The Morgan fingerprint density at radius 2 is 2.10 bits per heavy atom. The number of carbonyl (C=O) groups is 1. The van der Waals surface area contributed by atoms with Crippen molar-refractivity contribution in [3.8, 4) is 0 Å². The number of carbonyl (C=O) groups excluding carboxylic acids is 1. The fraction of sp³-hybridized carbons (Fsp3) is 0.467.